The molecule has 86 valence electrons. The van der Waals surface area contributed by atoms with Gasteiger partial charge in [0, 0.05) is 0 Å². The van der Waals surface area contributed by atoms with Gasteiger partial charge in [-0.2, -0.15) is 0 Å². The Hall–Kier alpha value is -1.37. The lowest BCUT2D eigenvalue weighted by Gasteiger charge is -2.15. The van der Waals surface area contributed by atoms with Gasteiger partial charge in [0.15, 0.2) is 0 Å². The molecule has 0 amide bonds. The number of ether oxygens (including phenoxy) is 1. The monoisotopic (exact) mass is 218 g/mol. The molecule has 7 heteroatoms. The van der Waals surface area contributed by atoms with Crippen molar-refractivity contribution in [1.82, 2.24) is 5.32 Å². The maximum Gasteiger partial charge on any atom is 0.325 e. The molecule has 0 aromatic heterocycles. The van der Waals surface area contributed by atoms with Crippen molar-refractivity contribution in [2.24, 2.45) is 0 Å². The Labute approximate surface area is 86.8 Å². The summed E-state index contributed by atoms with van der Waals surface area (Å²) in [5.41, 5.74) is 0. The molecule has 0 spiro atoms. The molecule has 15 heavy (non-hydrogen) atoms. The van der Waals surface area contributed by atoms with E-state index in [-0.39, 0.29) is 0 Å². The molecule has 7 nitrogen and oxygen atoms in total. The molecule has 2 unspecified atom stereocenters. The van der Waals surface area contributed by atoms with Crippen molar-refractivity contribution < 1.29 is 19.5 Å². The first-order valence-electron chi connectivity index (χ1n) is 4.86. The lowest BCUT2D eigenvalue weighted by molar-refractivity contribution is -0.768. The van der Waals surface area contributed by atoms with Crippen LogP contribution in [0.2, 0.25) is 0 Å². The zero-order valence-corrected chi connectivity index (χ0v) is 8.47. The fourth-order valence-electron chi connectivity index (χ4n) is 1.43. The van der Waals surface area contributed by atoms with Crippen LogP contribution in [-0.2, 0) is 14.4 Å². The van der Waals surface area contributed by atoms with E-state index in [4.69, 9.17) is 4.74 Å². The molecule has 1 aliphatic heterocycles. The quantitative estimate of drug-likeness (QED) is 0.393. The van der Waals surface area contributed by atoms with Gasteiger partial charge in [0.1, 0.15) is 12.1 Å². The third-order valence-corrected chi connectivity index (χ3v) is 2.09. The molecular formula is C8H14N2O5. The van der Waals surface area contributed by atoms with Gasteiger partial charge in [-0.15, -0.1) is 10.1 Å². The smallest absolute Gasteiger partial charge is 0.325 e. The molecule has 0 bridgehead atoms. The first-order valence-corrected chi connectivity index (χ1v) is 4.86. The highest BCUT2D eigenvalue weighted by atomic mass is 17.0. The van der Waals surface area contributed by atoms with Crippen LogP contribution in [0, 0.1) is 10.1 Å². The van der Waals surface area contributed by atoms with E-state index < -0.39 is 23.2 Å². The summed E-state index contributed by atoms with van der Waals surface area (Å²) >= 11 is 0. The van der Waals surface area contributed by atoms with Crippen LogP contribution < -0.4 is 5.32 Å². The van der Waals surface area contributed by atoms with Gasteiger partial charge in [-0.3, -0.25) is 4.79 Å². The number of carbonyl (C=O) groups is 1. The Balaban J connectivity index is 2.44. The average Bonchev–Trinajstić information content (AvgIpc) is 2.61. The minimum Gasteiger partial charge on any atom is -0.464 e. The number of nitrogens with one attached hydrogen (secondary N) is 1. The summed E-state index contributed by atoms with van der Waals surface area (Å²) in [6.07, 6.45) is 0.427. The zero-order valence-electron chi connectivity index (χ0n) is 8.47. The minimum absolute atomic E-state index is 0.322. The van der Waals surface area contributed by atoms with Crippen LogP contribution in [0.15, 0.2) is 0 Å². The standard InChI is InChI=1S/C8H14N2O5/c1-2-5-14-8(11)7-6(3-4-9-7)15-10(12)13/h6-7,9H,2-5H2,1H3. The van der Waals surface area contributed by atoms with Crippen LogP contribution in [-0.4, -0.2) is 36.4 Å². The SMILES string of the molecule is CCCOC(=O)C1NCCC1O[N+](=O)[O-]. The van der Waals surface area contributed by atoms with Gasteiger partial charge >= 0.3 is 5.97 Å². The van der Waals surface area contributed by atoms with Crippen LogP contribution in [0.25, 0.3) is 0 Å². The van der Waals surface area contributed by atoms with Crippen molar-refractivity contribution in [2.45, 2.75) is 31.9 Å². The number of hydrogen-bond donors (Lipinski definition) is 1. The number of esters is 1. The number of nitrogens with zero attached hydrogens (tertiary/aromatic N) is 1. The minimum atomic E-state index is -0.877. The van der Waals surface area contributed by atoms with E-state index in [1.54, 1.807) is 0 Å². The molecular weight excluding hydrogens is 204 g/mol. The molecule has 0 saturated carbocycles. The van der Waals surface area contributed by atoms with E-state index in [0.717, 1.165) is 6.42 Å². The van der Waals surface area contributed by atoms with Crippen LogP contribution >= 0.6 is 0 Å². The van der Waals surface area contributed by atoms with Crippen molar-refractivity contribution in [3.8, 4) is 0 Å². The van der Waals surface area contributed by atoms with E-state index in [0.29, 0.717) is 19.6 Å². The van der Waals surface area contributed by atoms with Crippen molar-refractivity contribution >= 4 is 5.97 Å². The normalized spacial score (nSPS) is 24.9. The summed E-state index contributed by atoms with van der Waals surface area (Å²) in [5.74, 6) is -0.485. The third kappa shape index (κ3) is 3.35. The van der Waals surface area contributed by atoms with Gasteiger partial charge in [0.05, 0.1) is 6.61 Å². The van der Waals surface area contributed by atoms with Gasteiger partial charge in [-0.25, -0.2) is 0 Å². The first kappa shape index (κ1) is 11.7. The highest BCUT2D eigenvalue weighted by molar-refractivity contribution is 5.77. The lowest BCUT2D eigenvalue weighted by atomic mass is 10.2. The largest absolute Gasteiger partial charge is 0.464 e. The van der Waals surface area contributed by atoms with Crippen LogP contribution in [0.3, 0.4) is 0 Å². The van der Waals surface area contributed by atoms with Crippen LogP contribution in [0.5, 0.6) is 0 Å². The molecule has 1 rings (SSSR count). The Morgan fingerprint density at radius 2 is 2.40 bits per heavy atom. The zero-order chi connectivity index (χ0) is 11.3. The van der Waals surface area contributed by atoms with E-state index in [1.165, 1.54) is 0 Å². The molecule has 1 aliphatic rings. The second-order valence-electron chi connectivity index (χ2n) is 3.26. The fraction of sp³-hybridized carbons (Fsp3) is 0.875. The van der Waals surface area contributed by atoms with Crippen molar-refractivity contribution in [1.29, 1.82) is 0 Å². The molecule has 1 N–H and O–H groups in total. The predicted molar refractivity (Wildman–Crippen MR) is 49.5 cm³/mol. The van der Waals surface area contributed by atoms with E-state index >= 15 is 0 Å². The van der Waals surface area contributed by atoms with E-state index in [1.807, 2.05) is 6.92 Å². The Kier molecular flexibility index (Phi) is 4.29. The summed E-state index contributed by atoms with van der Waals surface area (Å²) in [7, 11) is 0. The maximum absolute atomic E-state index is 11.4. The maximum atomic E-state index is 11.4. The summed E-state index contributed by atoms with van der Waals surface area (Å²) in [6.45, 7) is 2.72. The predicted octanol–water partition coefficient (Wildman–Crippen LogP) is -0.122. The second-order valence-corrected chi connectivity index (χ2v) is 3.26. The number of hydrogen-bond acceptors (Lipinski definition) is 6. The Bertz CT molecular complexity index is 245. The van der Waals surface area contributed by atoms with Gasteiger partial charge in [0.25, 0.3) is 5.09 Å². The van der Waals surface area contributed by atoms with E-state index in [2.05, 4.69) is 10.2 Å². The highest BCUT2D eigenvalue weighted by Crippen LogP contribution is 2.13. The first-order chi connectivity index (χ1) is 7.15. The molecule has 1 heterocycles. The Morgan fingerprint density at radius 3 is 3.00 bits per heavy atom. The van der Waals surface area contributed by atoms with Gasteiger partial charge in [0.2, 0.25) is 0 Å². The van der Waals surface area contributed by atoms with Crippen molar-refractivity contribution in [2.75, 3.05) is 13.2 Å². The van der Waals surface area contributed by atoms with Crippen LogP contribution in [0.1, 0.15) is 19.8 Å². The van der Waals surface area contributed by atoms with Crippen molar-refractivity contribution in [3.63, 3.8) is 0 Å². The molecule has 0 aliphatic carbocycles. The molecule has 1 saturated heterocycles. The summed E-state index contributed by atoms with van der Waals surface area (Å²) in [4.78, 5) is 25.9. The lowest BCUT2D eigenvalue weighted by Crippen LogP contribution is -2.41. The van der Waals surface area contributed by atoms with Crippen LogP contribution in [0.4, 0.5) is 0 Å². The van der Waals surface area contributed by atoms with E-state index in [9.17, 15) is 14.9 Å². The Morgan fingerprint density at radius 1 is 1.67 bits per heavy atom. The summed E-state index contributed by atoms with van der Waals surface area (Å²) in [5, 5.41) is 12.1. The third-order valence-electron chi connectivity index (χ3n) is 2.09. The molecule has 0 aromatic carbocycles. The number of rotatable bonds is 5. The molecule has 2 atom stereocenters. The van der Waals surface area contributed by atoms with Crippen molar-refractivity contribution in [3.05, 3.63) is 10.1 Å². The summed E-state index contributed by atoms with van der Waals surface area (Å²) < 4.78 is 4.88. The topological polar surface area (TPSA) is 90.7 Å². The number of carbonyl (C=O) groups excluding carboxylic acids is 1. The molecule has 0 aromatic rings. The van der Waals surface area contributed by atoms with Gasteiger partial charge in [-0.05, 0) is 19.4 Å². The average molecular weight is 218 g/mol. The fourth-order valence-corrected chi connectivity index (χ4v) is 1.43. The molecule has 0 radical (unpaired) electrons. The van der Waals surface area contributed by atoms with Gasteiger partial charge < -0.3 is 14.9 Å². The van der Waals surface area contributed by atoms with Gasteiger partial charge in [-0.1, -0.05) is 6.92 Å². The highest BCUT2D eigenvalue weighted by Gasteiger charge is 2.36. The summed E-state index contributed by atoms with van der Waals surface area (Å²) in [6, 6.07) is -0.720. The molecule has 1 fully saturated rings. The second kappa shape index (κ2) is 5.50.